The van der Waals surface area contributed by atoms with E-state index in [1.165, 1.54) is 0 Å². The van der Waals surface area contributed by atoms with Crippen LogP contribution in [0.4, 0.5) is 0 Å². The Morgan fingerprint density at radius 3 is 2.47 bits per heavy atom. The Morgan fingerprint density at radius 1 is 1.26 bits per heavy atom. The number of piperazine rings is 1. The smallest absolute Gasteiger partial charge is 0.0718 e. The van der Waals surface area contributed by atoms with Crippen molar-refractivity contribution in [1.29, 1.82) is 0 Å². The molecule has 1 aliphatic heterocycles. The number of hydrogen-bond acceptors (Lipinski definition) is 4. The zero-order valence-corrected chi connectivity index (χ0v) is 12.4. The maximum Gasteiger partial charge on any atom is 0.0718 e. The van der Waals surface area contributed by atoms with Gasteiger partial charge in [0, 0.05) is 50.5 Å². The first-order chi connectivity index (χ1) is 8.92. The number of aliphatic hydroxyl groups is 1. The Balaban J connectivity index is 1.80. The first-order valence-corrected chi connectivity index (χ1v) is 7.08. The van der Waals surface area contributed by atoms with Gasteiger partial charge in [-0.15, -0.1) is 0 Å². The SMILES string of the molecule is CC(C)(O)CN1CCN(Cc2cc(Cl)ccn2)CC1. The summed E-state index contributed by atoms with van der Waals surface area (Å²) in [6.45, 7) is 9.28. The number of aromatic nitrogens is 1. The van der Waals surface area contributed by atoms with E-state index in [0.29, 0.717) is 0 Å². The molecule has 1 saturated heterocycles. The number of nitrogens with zero attached hydrogens (tertiary/aromatic N) is 3. The van der Waals surface area contributed by atoms with Crippen LogP contribution < -0.4 is 0 Å². The standard InChI is InChI=1S/C14H22ClN3O/c1-14(2,19)11-18-7-5-17(6-8-18)10-13-9-12(15)3-4-16-13/h3-4,9,19H,5-8,10-11H2,1-2H3. The minimum atomic E-state index is -0.614. The zero-order valence-electron chi connectivity index (χ0n) is 11.6. The van der Waals surface area contributed by atoms with Crippen molar-refractivity contribution in [1.82, 2.24) is 14.8 Å². The summed E-state index contributed by atoms with van der Waals surface area (Å²) in [6.07, 6.45) is 1.75. The van der Waals surface area contributed by atoms with Crippen LogP contribution in [0.3, 0.4) is 0 Å². The maximum atomic E-state index is 9.82. The molecule has 0 atom stereocenters. The summed E-state index contributed by atoms with van der Waals surface area (Å²) in [6, 6.07) is 3.72. The van der Waals surface area contributed by atoms with Crippen molar-refractivity contribution in [2.24, 2.45) is 0 Å². The molecular weight excluding hydrogens is 262 g/mol. The second-order valence-corrected chi connectivity index (χ2v) is 6.27. The fourth-order valence-corrected chi connectivity index (χ4v) is 2.60. The summed E-state index contributed by atoms with van der Waals surface area (Å²) in [4.78, 5) is 9.01. The van der Waals surface area contributed by atoms with Gasteiger partial charge in [0.1, 0.15) is 0 Å². The molecule has 106 valence electrons. The van der Waals surface area contributed by atoms with Crippen LogP contribution in [0.15, 0.2) is 18.3 Å². The molecule has 1 aromatic heterocycles. The van der Waals surface area contributed by atoms with E-state index >= 15 is 0 Å². The van der Waals surface area contributed by atoms with Gasteiger partial charge in [0.25, 0.3) is 0 Å². The molecule has 1 aromatic rings. The zero-order chi connectivity index (χ0) is 13.9. The Bertz CT molecular complexity index is 411. The summed E-state index contributed by atoms with van der Waals surface area (Å²) >= 11 is 5.96. The summed E-state index contributed by atoms with van der Waals surface area (Å²) in [5.41, 5.74) is 0.403. The Hall–Kier alpha value is -0.680. The van der Waals surface area contributed by atoms with E-state index in [9.17, 15) is 5.11 Å². The third-order valence-electron chi connectivity index (χ3n) is 3.24. The molecule has 2 heterocycles. The molecule has 0 aliphatic carbocycles. The van der Waals surface area contributed by atoms with Crippen LogP contribution in [0.1, 0.15) is 19.5 Å². The molecule has 0 spiro atoms. The van der Waals surface area contributed by atoms with Gasteiger partial charge in [-0.2, -0.15) is 0 Å². The van der Waals surface area contributed by atoms with E-state index in [-0.39, 0.29) is 0 Å². The monoisotopic (exact) mass is 283 g/mol. The van der Waals surface area contributed by atoms with Crippen molar-refractivity contribution in [3.05, 3.63) is 29.0 Å². The van der Waals surface area contributed by atoms with E-state index in [2.05, 4.69) is 14.8 Å². The highest BCUT2D eigenvalue weighted by atomic mass is 35.5. The first kappa shape index (κ1) is 14.7. The van der Waals surface area contributed by atoms with E-state index in [1.807, 2.05) is 19.9 Å². The molecule has 19 heavy (non-hydrogen) atoms. The predicted octanol–water partition coefficient (Wildman–Crippen LogP) is 1.62. The molecule has 0 aromatic carbocycles. The lowest BCUT2D eigenvalue weighted by Gasteiger charge is -2.37. The minimum absolute atomic E-state index is 0.614. The fourth-order valence-electron chi connectivity index (χ4n) is 2.42. The van der Waals surface area contributed by atoms with Gasteiger partial charge in [-0.05, 0) is 26.0 Å². The molecular formula is C14H22ClN3O. The van der Waals surface area contributed by atoms with E-state index < -0.39 is 5.60 Å². The molecule has 2 rings (SSSR count). The minimum Gasteiger partial charge on any atom is -0.389 e. The van der Waals surface area contributed by atoms with Gasteiger partial charge >= 0.3 is 0 Å². The molecule has 1 N–H and O–H groups in total. The predicted molar refractivity (Wildman–Crippen MR) is 77.3 cm³/mol. The van der Waals surface area contributed by atoms with Crippen molar-refractivity contribution in [2.45, 2.75) is 26.0 Å². The molecule has 4 nitrogen and oxygen atoms in total. The average molecular weight is 284 g/mol. The first-order valence-electron chi connectivity index (χ1n) is 6.70. The number of halogens is 1. The van der Waals surface area contributed by atoms with E-state index in [0.717, 1.165) is 50.0 Å². The molecule has 0 bridgehead atoms. The van der Waals surface area contributed by atoms with Crippen LogP contribution in [-0.4, -0.2) is 58.2 Å². The fraction of sp³-hybridized carbons (Fsp3) is 0.643. The highest BCUT2D eigenvalue weighted by molar-refractivity contribution is 6.30. The summed E-state index contributed by atoms with van der Waals surface area (Å²) in [5, 5.41) is 10.6. The second kappa shape index (κ2) is 6.18. The van der Waals surface area contributed by atoms with Crippen LogP contribution in [-0.2, 0) is 6.54 Å². The lowest BCUT2D eigenvalue weighted by molar-refractivity contribution is 0.0165. The van der Waals surface area contributed by atoms with Crippen LogP contribution in [0.5, 0.6) is 0 Å². The van der Waals surface area contributed by atoms with Gasteiger partial charge in [0.2, 0.25) is 0 Å². The van der Waals surface area contributed by atoms with E-state index in [1.54, 1.807) is 12.3 Å². The molecule has 0 radical (unpaired) electrons. The topological polar surface area (TPSA) is 39.6 Å². The number of β-amino-alcohol motifs (C(OH)–C–C–N with tert-alkyl or cyclic N) is 1. The molecule has 0 saturated carbocycles. The third-order valence-corrected chi connectivity index (χ3v) is 3.47. The lowest BCUT2D eigenvalue weighted by atomic mass is 10.1. The largest absolute Gasteiger partial charge is 0.389 e. The Morgan fingerprint density at radius 2 is 1.89 bits per heavy atom. The Labute approximate surface area is 120 Å². The van der Waals surface area contributed by atoms with Gasteiger partial charge in [-0.1, -0.05) is 11.6 Å². The lowest BCUT2D eigenvalue weighted by Crippen LogP contribution is -2.50. The van der Waals surface area contributed by atoms with Crippen molar-refractivity contribution < 1.29 is 5.11 Å². The van der Waals surface area contributed by atoms with Gasteiger partial charge in [0.05, 0.1) is 11.3 Å². The van der Waals surface area contributed by atoms with Crippen LogP contribution in [0, 0.1) is 0 Å². The summed E-state index contributed by atoms with van der Waals surface area (Å²) in [7, 11) is 0. The maximum absolute atomic E-state index is 9.82. The van der Waals surface area contributed by atoms with Crippen LogP contribution in [0.25, 0.3) is 0 Å². The second-order valence-electron chi connectivity index (χ2n) is 5.83. The summed E-state index contributed by atoms with van der Waals surface area (Å²) < 4.78 is 0. The third kappa shape index (κ3) is 5.07. The quantitative estimate of drug-likeness (QED) is 0.912. The van der Waals surface area contributed by atoms with Crippen molar-refractivity contribution in [3.63, 3.8) is 0 Å². The van der Waals surface area contributed by atoms with Gasteiger partial charge in [-0.3, -0.25) is 14.8 Å². The molecule has 1 aliphatic rings. The highest BCUT2D eigenvalue weighted by Gasteiger charge is 2.22. The number of pyridine rings is 1. The number of rotatable bonds is 4. The average Bonchev–Trinajstić information content (AvgIpc) is 2.30. The van der Waals surface area contributed by atoms with Crippen LogP contribution >= 0.6 is 11.6 Å². The van der Waals surface area contributed by atoms with E-state index in [4.69, 9.17) is 11.6 Å². The Kier molecular flexibility index (Phi) is 4.79. The van der Waals surface area contributed by atoms with Crippen molar-refractivity contribution in [3.8, 4) is 0 Å². The molecule has 0 amide bonds. The highest BCUT2D eigenvalue weighted by Crippen LogP contribution is 2.13. The number of hydrogen-bond donors (Lipinski definition) is 1. The van der Waals surface area contributed by atoms with Crippen molar-refractivity contribution in [2.75, 3.05) is 32.7 Å². The van der Waals surface area contributed by atoms with Crippen molar-refractivity contribution >= 4 is 11.6 Å². The van der Waals surface area contributed by atoms with Gasteiger partial charge < -0.3 is 5.11 Å². The summed E-state index contributed by atoms with van der Waals surface area (Å²) in [5.74, 6) is 0. The normalized spacial score (nSPS) is 18.7. The molecule has 0 unspecified atom stereocenters. The molecule has 1 fully saturated rings. The van der Waals surface area contributed by atoms with Gasteiger partial charge in [0.15, 0.2) is 0 Å². The van der Waals surface area contributed by atoms with Gasteiger partial charge in [-0.25, -0.2) is 0 Å². The molecule has 5 heteroatoms. The van der Waals surface area contributed by atoms with Crippen LogP contribution in [0.2, 0.25) is 5.02 Å².